The van der Waals surface area contributed by atoms with Gasteiger partial charge in [0, 0.05) is 50.8 Å². The molecule has 4 rings (SSSR count). The fourth-order valence-corrected chi connectivity index (χ4v) is 3.66. The highest BCUT2D eigenvalue weighted by molar-refractivity contribution is 5.92. The van der Waals surface area contributed by atoms with Gasteiger partial charge in [0.05, 0.1) is 11.9 Å². The number of piperidine rings is 1. The van der Waals surface area contributed by atoms with Gasteiger partial charge in [-0.3, -0.25) is 19.7 Å². The first-order chi connectivity index (χ1) is 11.7. The number of amides is 1. The zero-order valence-electron chi connectivity index (χ0n) is 13.8. The Labute approximate surface area is 141 Å². The monoisotopic (exact) mass is 323 g/mol. The van der Waals surface area contributed by atoms with Crippen LogP contribution >= 0.6 is 0 Å². The summed E-state index contributed by atoms with van der Waals surface area (Å²) in [7, 11) is 0. The molecule has 0 aliphatic carbocycles. The molecule has 0 aromatic carbocycles. The van der Waals surface area contributed by atoms with Crippen molar-refractivity contribution >= 4 is 5.91 Å². The van der Waals surface area contributed by atoms with Crippen molar-refractivity contribution in [1.82, 2.24) is 24.8 Å². The summed E-state index contributed by atoms with van der Waals surface area (Å²) < 4.78 is 0. The number of pyridine rings is 1. The average molecular weight is 323 g/mol. The lowest BCUT2D eigenvalue weighted by Crippen LogP contribution is -2.64. The van der Waals surface area contributed by atoms with Crippen molar-refractivity contribution in [1.29, 1.82) is 0 Å². The fraction of sp³-hybridized carbons (Fsp3) is 0.444. The largest absolute Gasteiger partial charge is 0.336 e. The summed E-state index contributed by atoms with van der Waals surface area (Å²) >= 11 is 0. The van der Waals surface area contributed by atoms with Gasteiger partial charge in [-0.2, -0.15) is 0 Å². The van der Waals surface area contributed by atoms with Gasteiger partial charge in [0.15, 0.2) is 0 Å². The van der Waals surface area contributed by atoms with Crippen molar-refractivity contribution < 1.29 is 4.79 Å². The van der Waals surface area contributed by atoms with E-state index in [0.717, 1.165) is 38.3 Å². The first-order valence-electron chi connectivity index (χ1n) is 8.41. The SMILES string of the molecule is Cc1cnc(C(=O)N2CC[C@@H]3CN(Cc4ccncc4)[C@@H]3C2)cn1. The number of aromatic nitrogens is 3. The number of likely N-dealkylation sites (tertiary alicyclic amines) is 2. The van der Waals surface area contributed by atoms with Gasteiger partial charge in [-0.15, -0.1) is 0 Å². The van der Waals surface area contributed by atoms with Gasteiger partial charge in [-0.05, 0) is 37.0 Å². The Morgan fingerprint density at radius 1 is 1.21 bits per heavy atom. The summed E-state index contributed by atoms with van der Waals surface area (Å²) in [6.45, 7) is 5.52. The second kappa shape index (κ2) is 6.28. The molecule has 4 heterocycles. The minimum Gasteiger partial charge on any atom is -0.336 e. The molecule has 2 aliphatic heterocycles. The Morgan fingerprint density at radius 3 is 2.79 bits per heavy atom. The number of hydrogen-bond acceptors (Lipinski definition) is 5. The molecule has 24 heavy (non-hydrogen) atoms. The average Bonchev–Trinajstić information content (AvgIpc) is 2.61. The topological polar surface area (TPSA) is 62.2 Å². The maximum atomic E-state index is 12.6. The standard InChI is InChI=1S/C18H21N5O/c1-13-8-21-16(9-20-13)18(24)22-7-4-15-11-23(17(15)12-22)10-14-2-5-19-6-3-14/h2-3,5-6,8-9,15,17H,4,7,10-12H2,1H3/t15-,17-/m1/s1. The highest BCUT2D eigenvalue weighted by Gasteiger charge is 2.43. The zero-order valence-corrected chi connectivity index (χ0v) is 13.8. The number of aryl methyl sites for hydroxylation is 1. The Kier molecular flexibility index (Phi) is 3.98. The van der Waals surface area contributed by atoms with Gasteiger partial charge < -0.3 is 4.90 Å². The van der Waals surface area contributed by atoms with Gasteiger partial charge in [0.25, 0.3) is 5.91 Å². The molecule has 2 fully saturated rings. The van der Waals surface area contributed by atoms with Crippen LogP contribution in [0.25, 0.3) is 0 Å². The lowest BCUT2D eigenvalue weighted by atomic mass is 9.82. The van der Waals surface area contributed by atoms with E-state index in [1.165, 1.54) is 5.56 Å². The molecule has 2 saturated heterocycles. The molecule has 2 aliphatic rings. The Bertz CT molecular complexity index is 718. The molecule has 0 spiro atoms. The van der Waals surface area contributed by atoms with Crippen LogP contribution in [0.3, 0.4) is 0 Å². The van der Waals surface area contributed by atoms with Crippen LogP contribution < -0.4 is 0 Å². The molecule has 1 amide bonds. The molecule has 0 N–H and O–H groups in total. The van der Waals surface area contributed by atoms with Crippen molar-refractivity contribution in [3.8, 4) is 0 Å². The molecule has 6 heteroatoms. The molecule has 0 saturated carbocycles. The lowest BCUT2D eigenvalue weighted by Gasteiger charge is -2.53. The molecule has 2 atom stereocenters. The normalized spacial score (nSPS) is 23.5. The van der Waals surface area contributed by atoms with E-state index in [9.17, 15) is 4.79 Å². The first kappa shape index (κ1) is 15.2. The lowest BCUT2D eigenvalue weighted by molar-refractivity contribution is -0.0428. The summed E-state index contributed by atoms with van der Waals surface area (Å²) in [4.78, 5) is 29.5. The van der Waals surface area contributed by atoms with Crippen LogP contribution in [0.2, 0.25) is 0 Å². The minimum absolute atomic E-state index is 0.00305. The molecule has 2 aromatic rings. The zero-order chi connectivity index (χ0) is 16.5. The Balaban J connectivity index is 1.41. The van der Waals surface area contributed by atoms with Crippen LogP contribution in [-0.2, 0) is 6.54 Å². The van der Waals surface area contributed by atoms with Gasteiger partial charge in [-0.1, -0.05) is 0 Å². The van der Waals surface area contributed by atoms with Crippen molar-refractivity contribution in [2.75, 3.05) is 19.6 Å². The Hall–Kier alpha value is -2.34. The maximum Gasteiger partial charge on any atom is 0.274 e. The van der Waals surface area contributed by atoms with Crippen LogP contribution in [0.5, 0.6) is 0 Å². The van der Waals surface area contributed by atoms with E-state index in [1.807, 2.05) is 24.2 Å². The van der Waals surface area contributed by atoms with Gasteiger partial charge in [-0.25, -0.2) is 4.98 Å². The number of fused-ring (bicyclic) bond motifs is 1. The van der Waals surface area contributed by atoms with E-state index in [4.69, 9.17) is 0 Å². The smallest absolute Gasteiger partial charge is 0.274 e. The molecule has 0 bridgehead atoms. The predicted octanol–water partition coefficient (Wildman–Crippen LogP) is 1.53. The Morgan fingerprint density at radius 2 is 2.04 bits per heavy atom. The third-order valence-electron chi connectivity index (χ3n) is 5.08. The molecular formula is C18H21N5O. The summed E-state index contributed by atoms with van der Waals surface area (Å²) in [5.74, 6) is 0.705. The summed E-state index contributed by atoms with van der Waals surface area (Å²) in [6, 6.07) is 4.57. The van der Waals surface area contributed by atoms with Crippen molar-refractivity contribution in [2.24, 2.45) is 5.92 Å². The van der Waals surface area contributed by atoms with Gasteiger partial charge in [0.2, 0.25) is 0 Å². The van der Waals surface area contributed by atoms with Crippen LogP contribution in [0.1, 0.15) is 28.2 Å². The quantitative estimate of drug-likeness (QED) is 0.857. The second-order valence-corrected chi connectivity index (χ2v) is 6.70. The predicted molar refractivity (Wildman–Crippen MR) is 89.2 cm³/mol. The number of hydrogen-bond donors (Lipinski definition) is 0. The third-order valence-corrected chi connectivity index (χ3v) is 5.08. The summed E-state index contributed by atoms with van der Waals surface area (Å²) in [5, 5.41) is 0. The minimum atomic E-state index is -0.00305. The van der Waals surface area contributed by atoms with Crippen molar-refractivity contribution in [2.45, 2.75) is 25.9 Å². The number of carbonyl (C=O) groups is 1. The van der Waals surface area contributed by atoms with E-state index in [-0.39, 0.29) is 5.91 Å². The maximum absolute atomic E-state index is 12.6. The number of carbonyl (C=O) groups excluding carboxylic acids is 1. The fourth-order valence-electron chi connectivity index (χ4n) is 3.66. The van der Waals surface area contributed by atoms with E-state index in [1.54, 1.807) is 12.4 Å². The molecule has 2 aromatic heterocycles. The third kappa shape index (κ3) is 2.89. The second-order valence-electron chi connectivity index (χ2n) is 6.70. The van der Waals surface area contributed by atoms with Crippen LogP contribution in [-0.4, -0.2) is 56.3 Å². The van der Waals surface area contributed by atoms with Gasteiger partial charge in [0.1, 0.15) is 5.69 Å². The highest BCUT2D eigenvalue weighted by Crippen LogP contribution is 2.33. The van der Waals surface area contributed by atoms with Crippen molar-refractivity contribution in [3.63, 3.8) is 0 Å². The molecule has 6 nitrogen and oxygen atoms in total. The van der Waals surface area contributed by atoms with Crippen LogP contribution in [0, 0.1) is 12.8 Å². The highest BCUT2D eigenvalue weighted by atomic mass is 16.2. The van der Waals surface area contributed by atoms with E-state index < -0.39 is 0 Å². The van der Waals surface area contributed by atoms with Crippen molar-refractivity contribution in [3.05, 3.63) is 53.9 Å². The molecule has 0 radical (unpaired) electrons. The number of rotatable bonds is 3. The first-order valence-corrected chi connectivity index (χ1v) is 8.41. The molecular weight excluding hydrogens is 302 g/mol. The molecule has 0 unspecified atom stereocenters. The van der Waals surface area contributed by atoms with Gasteiger partial charge >= 0.3 is 0 Å². The van der Waals surface area contributed by atoms with Crippen LogP contribution in [0.4, 0.5) is 0 Å². The van der Waals surface area contributed by atoms with E-state index >= 15 is 0 Å². The van der Waals surface area contributed by atoms with Crippen LogP contribution in [0.15, 0.2) is 36.9 Å². The number of nitrogens with zero attached hydrogens (tertiary/aromatic N) is 5. The van der Waals surface area contributed by atoms with E-state index in [0.29, 0.717) is 17.7 Å². The molecule has 124 valence electrons. The summed E-state index contributed by atoms with van der Waals surface area (Å²) in [6.07, 6.45) is 7.97. The van der Waals surface area contributed by atoms with E-state index in [2.05, 4.69) is 32.0 Å². The summed E-state index contributed by atoms with van der Waals surface area (Å²) in [5.41, 5.74) is 2.54.